The van der Waals surface area contributed by atoms with Crippen LogP contribution in [0.2, 0.25) is 0 Å². The van der Waals surface area contributed by atoms with Crippen LogP contribution in [-0.2, 0) is 10.0 Å². The molecule has 0 spiro atoms. The summed E-state index contributed by atoms with van der Waals surface area (Å²) >= 11 is 0. The van der Waals surface area contributed by atoms with Crippen LogP contribution >= 0.6 is 0 Å². The molecular formula is C28H32FN3O5S. The summed E-state index contributed by atoms with van der Waals surface area (Å²) < 4.78 is 53.7. The lowest BCUT2D eigenvalue weighted by atomic mass is 10.1. The van der Waals surface area contributed by atoms with Gasteiger partial charge in [-0.2, -0.15) is 8.42 Å². The SMILES string of the molecule is Cc1cccc(S(=O)(=O)NC(=O)c2ccc(-c3cc(F)cc(OCC(C)C)c3)nc2OCC2CC2(C)C)n1. The third kappa shape index (κ3) is 6.66. The molecule has 1 amide bonds. The zero-order valence-corrected chi connectivity index (χ0v) is 22.9. The number of nitrogens with one attached hydrogen (secondary N) is 1. The minimum Gasteiger partial charge on any atom is -0.493 e. The lowest BCUT2D eigenvalue weighted by Crippen LogP contribution is -2.31. The Kier molecular flexibility index (Phi) is 7.73. The van der Waals surface area contributed by atoms with Gasteiger partial charge >= 0.3 is 0 Å². The van der Waals surface area contributed by atoms with Crippen LogP contribution < -0.4 is 14.2 Å². The number of carbonyl (C=O) groups excluding carboxylic acids is 1. The van der Waals surface area contributed by atoms with Gasteiger partial charge in [0.2, 0.25) is 5.88 Å². The molecule has 1 aromatic carbocycles. The third-order valence-electron chi connectivity index (χ3n) is 6.36. The standard InChI is InChI=1S/C28H32FN3O5S/c1-17(2)15-36-22-12-19(11-21(29)13-22)24-10-9-23(27(31-24)37-16-20-14-28(20,4)5)26(33)32-38(34,35)25-8-6-7-18(3)30-25/h6-13,17,20H,14-16H2,1-5H3,(H,32,33). The minimum absolute atomic E-state index is 0.0380. The number of rotatable bonds is 10. The number of ether oxygens (including phenoxy) is 2. The van der Waals surface area contributed by atoms with Crippen molar-refractivity contribution in [3.8, 4) is 22.9 Å². The van der Waals surface area contributed by atoms with E-state index < -0.39 is 21.7 Å². The number of amides is 1. The van der Waals surface area contributed by atoms with Crippen molar-refractivity contribution >= 4 is 15.9 Å². The maximum absolute atomic E-state index is 14.4. The lowest BCUT2D eigenvalue weighted by molar-refractivity contribution is 0.0976. The van der Waals surface area contributed by atoms with Crippen molar-refractivity contribution in [3.63, 3.8) is 0 Å². The summed E-state index contributed by atoms with van der Waals surface area (Å²) in [4.78, 5) is 21.6. The zero-order chi connectivity index (χ0) is 27.7. The van der Waals surface area contributed by atoms with Crippen LogP contribution in [0.25, 0.3) is 11.3 Å². The van der Waals surface area contributed by atoms with Crippen LogP contribution in [0.5, 0.6) is 11.6 Å². The van der Waals surface area contributed by atoms with E-state index in [1.807, 2.05) is 13.8 Å². The van der Waals surface area contributed by atoms with E-state index in [1.165, 1.54) is 30.3 Å². The van der Waals surface area contributed by atoms with Crippen LogP contribution in [0, 0.1) is 30.0 Å². The maximum Gasteiger partial charge on any atom is 0.281 e. The van der Waals surface area contributed by atoms with E-state index in [4.69, 9.17) is 9.47 Å². The third-order valence-corrected chi connectivity index (χ3v) is 7.59. The number of aryl methyl sites for hydroxylation is 1. The number of pyridine rings is 2. The number of aromatic nitrogens is 2. The summed E-state index contributed by atoms with van der Waals surface area (Å²) in [5.41, 5.74) is 1.34. The molecular weight excluding hydrogens is 509 g/mol. The topological polar surface area (TPSA) is 107 Å². The Balaban J connectivity index is 1.65. The molecule has 2 aromatic heterocycles. The Hall–Kier alpha value is -3.53. The number of carbonyl (C=O) groups is 1. The summed E-state index contributed by atoms with van der Waals surface area (Å²) in [6, 6.07) is 11.7. The monoisotopic (exact) mass is 541 g/mol. The molecule has 8 nitrogen and oxygen atoms in total. The quantitative estimate of drug-likeness (QED) is 0.377. The fourth-order valence-electron chi connectivity index (χ4n) is 3.88. The van der Waals surface area contributed by atoms with Gasteiger partial charge in [0.1, 0.15) is 17.1 Å². The van der Waals surface area contributed by atoms with Gasteiger partial charge in [0.25, 0.3) is 15.9 Å². The van der Waals surface area contributed by atoms with Crippen molar-refractivity contribution in [1.29, 1.82) is 0 Å². The Bertz CT molecular complexity index is 1460. The molecule has 1 aliphatic rings. The Labute approximate surface area is 222 Å². The molecule has 1 aliphatic carbocycles. The smallest absolute Gasteiger partial charge is 0.281 e. The first kappa shape index (κ1) is 27.5. The molecule has 2 heterocycles. The second-order valence-corrected chi connectivity index (χ2v) is 12.3. The second kappa shape index (κ2) is 10.7. The highest BCUT2D eigenvalue weighted by atomic mass is 32.2. The molecule has 3 aromatic rings. The van der Waals surface area contributed by atoms with E-state index >= 15 is 0 Å². The second-order valence-electron chi connectivity index (χ2n) is 10.7. The molecule has 10 heteroatoms. The fraction of sp³-hybridized carbons (Fsp3) is 0.393. The predicted octanol–water partition coefficient (Wildman–Crippen LogP) is 5.17. The summed E-state index contributed by atoms with van der Waals surface area (Å²) in [6.45, 7) is 10.6. The zero-order valence-electron chi connectivity index (χ0n) is 22.1. The number of sulfonamides is 1. The summed E-state index contributed by atoms with van der Waals surface area (Å²) in [7, 11) is -4.23. The van der Waals surface area contributed by atoms with Crippen molar-refractivity contribution in [1.82, 2.24) is 14.7 Å². The van der Waals surface area contributed by atoms with E-state index in [-0.39, 0.29) is 33.7 Å². The van der Waals surface area contributed by atoms with Gasteiger partial charge < -0.3 is 9.47 Å². The minimum atomic E-state index is -4.23. The highest BCUT2D eigenvalue weighted by Crippen LogP contribution is 2.51. The van der Waals surface area contributed by atoms with Gasteiger partial charge in [-0.15, -0.1) is 0 Å². The molecule has 38 heavy (non-hydrogen) atoms. The average molecular weight is 542 g/mol. The molecule has 0 aliphatic heterocycles. The molecule has 1 unspecified atom stereocenters. The van der Waals surface area contributed by atoms with E-state index in [9.17, 15) is 17.6 Å². The Morgan fingerprint density at radius 3 is 2.53 bits per heavy atom. The van der Waals surface area contributed by atoms with Gasteiger partial charge in [-0.25, -0.2) is 19.1 Å². The van der Waals surface area contributed by atoms with Gasteiger partial charge in [-0.3, -0.25) is 4.79 Å². The van der Waals surface area contributed by atoms with E-state index in [0.29, 0.717) is 35.9 Å². The Morgan fingerprint density at radius 1 is 1.13 bits per heavy atom. The summed E-state index contributed by atoms with van der Waals surface area (Å²) in [5.74, 6) is -0.549. The highest BCUT2D eigenvalue weighted by molar-refractivity contribution is 7.90. The molecule has 0 saturated heterocycles. The van der Waals surface area contributed by atoms with Gasteiger partial charge in [0.15, 0.2) is 5.03 Å². The number of halogens is 1. The normalized spacial score (nSPS) is 16.2. The average Bonchev–Trinajstić information content (AvgIpc) is 3.46. The molecule has 1 saturated carbocycles. The van der Waals surface area contributed by atoms with E-state index in [2.05, 4.69) is 28.5 Å². The molecule has 202 valence electrons. The number of hydrogen-bond donors (Lipinski definition) is 1. The van der Waals surface area contributed by atoms with Gasteiger partial charge in [-0.05, 0) is 67.0 Å². The van der Waals surface area contributed by atoms with E-state index in [0.717, 1.165) is 6.42 Å². The molecule has 0 radical (unpaired) electrons. The van der Waals surface area contributed by atoms with Crippen LogP contribution in [-0.4, -0.2) is 37.5 Å². The molecule has 1 fully saturated rings. The van der Waals surface area contributed by atoms with Gasteiger partial charge in [0, 0.05) is 17.3 Å². The van der Waals surface area contributed by atoms with Gasteiger partial charge in [-0.1, -0.05) is 33.8 Å². The highest BCUT2D eigenvalue weighted by Gasteiger charge is 2.46. The number of hydrogen-bond acceptors (Lipinski definition) is 7. The molecule has 0 bridgehead atoms. The number of nitrogens with zero attached hydrogens (tertiary/aromatic N) is 2. The lowest BCUT2D eigenvalue weighted by Gasteiger charge is -2.14. The van der Waals surface area contributed by atoms with Crippen LogP contribution in [0.3, 0.4) is 0 Å². The molecule has 1 atom stereocenters. The Morgan fingerprint density at radius 2 is 1.87 bits per heavy atom. The van der Waals surface area contributed by atoms with Crippen LogP contribution in [0.15, 0.2) is 53.6 Å². The molecule has 4 rings (SSSR count). The maximum atomic E-state index is 14.4. The largest absolute Gasteiger partial charge is 0.493 e. The first-order valence-corrected chi connectivity index (χ1v) is 13.9. The van der Waals surface area contributed by atoms with Crippen LogP contribution in [0.4, 0.5) is 4.39 Å². The van der Waals surface area contributed by atoms with Crippen molar-refractivity contribution in [2.75, 3.05) is 13.2 Å². The van der Waals surface area contributed by atoms with Gasteiger partial charge in [0.05, 0.1) is 18.9 Å². The molecule has 1 N–H and O–H groups in total. The van der Waals surface area contributed by atoms with Crippen molar-refractivity contribution in [2.24, 2.45) is 17.3 Å². The first-order valence-electron chi connectivity index (χ1n) is 12.4. The predicted molar refractivity (Wildman–Crippen MR) is 141 cm³/mol. The summed E-state index contributed by atoms with van der Waals surface area (Å²) in [6.07, 6.45) is 0.960. The fourth-order valence-corrected chi connectivity index (χ4v) is 4.86. The number of benzene rings is 1. The first-order chi connectivity index (χ1) is 17.8. The summed E-state index contributed by atoms with van der Waals surface area (Å²) in [5, 5.41) is -0.272. The van der Waals surface area contributed by atoms with Crippen LogP contribution in [0.1, 0.15) is 50.2 Å². The van der Waals surface area contributed by atoms with Crippen molar-refractivity contribution in [3.05, 3.63) is 65.6 Å². The van der Waals surface area contributed by atoms with E-state index in [1.54, 1.807) is 25.1 Å². The van der Waals surface area contributed by atoms with Crippen molar-refractivity contribution in [2.45, 2.75) is 46.1 Å². The van der Waals surface area contributed by atoms with Crippen molar-refractivity contribution < 1.29 is 27.1 Å².